The van der Waals surface area contributed by atoms with Gasteiger partial charge in [-0.25, -0.2) is 0 Å². The maximum Gasteiger partial charge on any atom is 0.234 e. The highest BCUT2D eigenvalue weighted by atomic mass is 35.5. The minimum absolute atomic E-state index is 0.0780. The van der Waals surface area contributed by atoms with Gasteiger partial charge >= 0.3 is 0 Å². The van der Waals surface area contributed by atoms with Crippen molar-refractivity contribution in [1.29, 1.82) is 0 Å². The van der Waals surface area contributed by atoms with E-state index in [4.69, 9.17) is 11.6 Å². The van der Waals surface area contributed by atoms with Crippen LogP contribution in [0, 0.1) is 0 Å². The fourth-order valence-corrected chi connectivity index (χ4v) is 1.88. The summed E-state index contributed by atoms with van der Waals surface area (Å²) in [6.07, 6.45) is 0. The van der Waals surface area contributed by atoms with E-state index in [1.165, 1.54) is 18.7 Å². The molecule has 1 rings (SSSR count). The minimum atomic E-state index is -0.147. The molecule has 0 saturated heterocycles. The van der Waals surface area contributed by atoms with Gasteiger partial charge in [0.25, 0.3) is 0 Å². The van der Waals surface area contributed by atoms with Crippen molar-refractivity contribution < 1.29 is 9.59 Å². The van der Waals surface area contributed by atoms with Gasteiger partial charge in [-0.1, -0.05) is 11.6 Å². The topological polar surface area (TPSA) is 46.2 Å². The van der Waals surface area contributed by atoms with Crippen LogP contribution in [0.4, 0.5) is 5.69 Å². The van der Waals surface area contributed by atoms with Crippen molar-refractivity contribution in [3.05, 3.63) is 29.3 Å². The summed E-state index contributed by atoms with van der Waals surface area (Å²) in [5.41, 5.74) is 0.704. The fraction of sp³-hybridized carbons (Fsp3) is 0.333. The quantitative estimate of drug-likeness (QED) is 0.896. The summed E-state index contributed by atoms with van der Waals surface area (Å²) in [6.45, 7) is 3.32. The predicted molar refractivity (Wildman–Crippen MR) is 72.7 cm³/mol. The van der Waals surface area contributed by atoms with Crippen LogP contribution in [0.5, 0.6) is 0 Å². The summed E-state index contributed by atoms with van der Waals surface area (Å²) in [6, 6.07) is 6.89. The lowest BCUT2D eigenvalue weighted by molar-refractivity contribution is -0.116. The zero-order valence-corrected chi connectivity index (χ0v) is 11.3. The molecule has 0 aliphatic carbocycles. The number of ketones is 1. The van der Waals surface area contributed by atoms with Gasteiger partial charge in [0.2, 0.25) is 5.91 Å². The molecule has 0 aromatic heterocycles. The molecule has 0 aliphatic heterocycles. The lowest BCUT2D eigenvalue weighted by atomic mass is 10.3. The third-order valence-corrected chi connectivity index (χ3v) is 3.68. The first-order valence-corrected chi connectivity index (χ1v) is 6.59. The Balaban J connectivity index is 2.39. The zero-order valence-electron chi connectivity index (χ0n) is 9.70. The molecule has 1 amide bonds. The number of Topliss-reactive ketones (excluding diaryl/α,β-unsaturated/α-hetero) is 1. The van der Waals surface area contributed by atoms with Gasteiger partial charge in [0.15, 0.2) is 0 Å². The summed E-state index contributed by atoms with van der Waals surface area (Å²) in [5, 5.41) is 3.21. The predicted octanol–water partition coefficient (Wildman–Crippen LogP) is 2.99. The van der Waals surface area contributed by atoms with E-state index in [-0.39, 0.29) is 22.7 Å². The van der Waals surface area contributed by atoms with Crippen molar-refractivity contribution in [2.45, 2.75) is 19.1 Å². The van der Waals surface area contributed by atoms with E-state index in [1.807, 2.05) is 0 Å². The Morgan fingerprint density at radius 1 is 1.35 bits per heavy atom. The Labute approximate surface area is 110 Å². The summed E-state index contributed by atoms with van der Waals surface area (Å²) >= 11 is 7.06. The highest BCUT2D eigenvalue weighted by Crippen LogP contribution is 2.15. The number of thioether (sulfide) groups is 1. The number of amides is 1. The van der Waals surface area contributed by atoms with Crippen molar-refractivity contribution in [3.8, 4) is 0 Å². The SMILES string of the molecule is CC(=O)C(C)SCC(=O)Nc1ccc(Cl)cc1. The molecule has 0 heterocycles. The van der Waals surface area contributed by atoms with Gasteiger partial charge in [-0.05, 0) is 38.1 Å². The maximum absolute atomic E-state index is 11.5. The molecular formula is C12H14ClNO2S. The van der Waals surface area contributed by atoms with Gasteiger partial charge in [0.05, 0.1) is 11.0 Å². The summed E-state index contributed by atoms with van der Waals surface area (Å²) < 4.78 is 0. The summed E-state index contributed by atoms with van der Waals surface area (Å²) in [4.78, 5) is 22.5. The Morgan fingerprint density at radius 3 is 2.47 bits per heavy atom. The van der Waals surface area contributed by atoms with Gasteiger partial charge < -0.3 is 5.32 Å². The Bertz CT molecular complexity index is 405. The number of halogens is 1. The molecule has 5 heteroatoms. The van der Waals surface area contributed by atoms with E-state index >= 15 is 0 Å². The van der Waals surface area contributed by atoms with Crippen LogP contribution in [-0.2, 0) is 9.59 Å². The Hall–Kier alpha value is -1.00. The number of anilines is 1. The van der Waals surface area contributed by atoms with Crippen LogP contribution >= 0.6 is 23.4 Å². The number of benzene rings is 1. The molecule has 0 bridgehead atoms. The highest BCUT2D eigenvalue weighted by Gasteiger charge is 2.10. The lowest BCUT2D eigenvalue weighted by Gasteiger charge is -2.08. The largest absolute Gasteiger partial charge is 0.325 e. The second kappa shape index (κ2) is 6.67. The molecule has 0 spiro atoms. The maximum atomic E-state index is 11.5. The standard InChI is InChI=1S/C12H14ClNO2S/c1-8(15)9(2)17-7-12(16)14-11-5-3-10(13)4-6-11/h3-6,9H,7H2,1-2H3,(H,14,16). The monoisotopic (exact) mass is 271 g/mol. The smallest absolute Gasteiger partial charge is 0.234 e. The fourth-order valence-electron chi connectivity index (χ4n) is 1.05. The molecular weight excluding hydrogens is 258 g/mol. The first kappa shape index (κ1) is 14.1. The van der Waals surface area contributed by atoms with Gasteiger partial charge in [0.1, 0.15) is 5.78 Å². The second-order valence-corrected chi connectivity index (χ2v) is 5.38. The molecule has 3 nitrogen and oxygen atoms in total. The van der Waals surface area contributed by atoms with Crippen molar-refractivity contribution >= 4 is 40.7 Å². The van der Waals surface area contributed by atoms with Crippen LogP contribution in [-0.4, -0.2) is 22.7 Å². The molecule has 1 unspecified atom stereocenters. The number of hydrogen-bond acceptors (Lipinski definition) is 3. The van der Waals surface area contributed by atoms with E-state index in [2.05, 4.69) is 5.32 Å². The van der Waals surface area contributed by atoms with Crippen LogP contribution < -0.4 is 5.32 Å². The molecule has 1 N–H and O–H groups in total. The van der Waals surface area contributed by atoms with Crippen LogP contribution in [0.15, 0.2) is 24.3 Å². The Kier molecular flexibility index (Phi) is 5.51. The van der Waals surface area contributed by atoms with Crippen LogP contribution in [0.2, 0.25) is 5.02 Å². The van der Waals surface area contributed by atoms with Crippen molar-refractivity contribution in [3.63, 3.8) is 0 Å². The molecule has 1 aromatic carbocycles. The normalized spacial score (nSPS) is 11.9. The van der Waals surface area contributed by atoms with Crippen LogP contribution in [0.25, 0.3) is 0 Å². The third kappa shape index (κ3) is 5.24. The first-order chi connectivity index (χ1) is 7.99. The molecule has 92 valence electrons. The Morgan fingerprint density at radius 2 is 1.94 bits per heavy atom. The van der Waals surface area contributed by atoms with E-state index in [0.29, 0.717) is 10.7 Å². The van der Waals surface area contributed by atoms with Gasteiger partial charge in [-0.2, -0.15) is 0 Å². The van der Waals surface area contributed by atoms with Gasteiger partial charge in [-0.15, -0.1) is 11.8 Å². The van der Waals surface area contributed by atoms with Crippen LogP contribution in [0.1, 0.15) is 13.8 Å². The summed E-state index contributed by atoms with van der Waals surface area (Å²) in [7, 11) is 0. The average Bonchev–Trinajstić information content (AvgIpc) is 2.29. The van der Waals surface area contributed by atoms with Crippen molar-refractivity contribution in [1.82, 2.24) is 0 Å². The number of carbonyl (C=O) groups excluding carboxylic acids is 2. The second-order valence-electron chi connectivity index (χ2n) is 3.62. The van der Waals surface area contributed by atoms with Crippen molar-refractivity contribution in [2.24, 2.45) is 0 Å². The van der Waals surface area contributed by atoms with E-state index in [9.17, 15) is 9.59 Å². The molecule has 17 heavy (non-hydrogen) atoms. The minimum Gasteiger partial charge on any atom is -0.325 e. The van der Waals surface area contributed by atoms with Gasteiger partial charge in [-0.3, -0.25) is 9.59 Å². The molecule has 0 saturated carbocycles. The molecule has 0 aliphatic rings. The van der Waals surface area contributed by atoms with E-state index < -0.39 is 0 Å². The van der Waals surface area contributed by atoms with Crippen LogP contribution in [0.3, 0.4) is 0 Å². The number of rotatable bonds is 5. The van der Waals surface area contributed by atoms with E-state index in [0.717, 1.165) is 0 Å². The van der Waals surface area contributed by atoms with Gasteiger partial charge in [0, 0.05) is 10.7 Å². The van der Waals surface area contributed by atoms with E-state index in [1.54, 1.807) is 31.2 Å². The molecule has 0 fully saturated rings. The molecule has 0 radical (unpaired) electrons. The average molecular weight is 272 g/mol. The zero-order chi connectivity index (χ0) is 12.8. The number of hydrogen-bond donors (Lipinski definition) is 1. The number of nitrogens with one attached hydrogen (secondary N) is 1. The lowest BCUT2D eigenvalue weighted by Crippen LogP contribution is -2.18. The number of carbonyl (C=O) groups is 2. The highest BCUT2D eigenvalue weighted by molar-refractivity contribution is 8.01. The van der Waals surface area contributed by atoms with Crippen molar-refractivity contribution in [2.75, 3.05) is 11.1 Å². The first-order valence-electron chi connectivity index (χ1n) is 5.16. The molecule has 1 atom stereocenters. The third-order valence-electron chi connectivity index (χ3n) is 2.16. The summed E-state index contributed by atoms with van der Waals surface area (Å²) in [5.74, 6) is 0.225. The molecule has 1 aromatic rings.